The molecule has 142 valence electrons. The van der Waals surface area contributed by atoms with Gasteiger partial charge in [0.1, 0.15) is 0 Å². The van der Waals surface area contributed by atoms with Gasteiger partial charge in [0.2, 0.25) is 0 Å². The second-order valence-corrected chi connectivity index (χ2v) is 8.92. The summed E-state index contributed by atoms with van der Waals surface area (Å²) in [4.78, 5) is 13.7. The lowest BCUT2D eigenvalue weighted by Crippen LogP contribution is -3.00. The summed E-state index contributed by atoms with van der Waals surface area (Å²) in [5.41, 5.74) is 3.35. The Morgan fingerprint density at radius 3 is 2.21 bits per heavy atom. The van der Waals surface area contributed by atoms with Gasteiger partial charge in [0.05, 0.1) is 53.5 Å². The van der Waals surface area contributed by atoms with Crippen molar-refractivity contribution in [2.24, 2.45) is 0 Å². The van der Waals surface area contributed by atoms with Crippen molar-refractivity contribution in [1.29, 1.82) is 0 Å². The summed E-state index contributed by atoms with van der Waals surface area (Å²) >= 11 is 0. The lowest BCUT2D eigenvalue weighted by atomic mass is 10.4. The second-order valence-electron chi connectivity index (χ2n) is 6.38. The smallest absolute Gasteiger partial charge is 0.561 e. The number of halogens is 1. The largest absolute Gasteiger partial charge is 1.00 e. The molecule has 3 rings (SSSR count). The number of carbonyl (C=O) groups is 1. The Bertz CT molecular complexity index is 376. The van der Waals surface area contributed by atoms with Crippen LogP contribution < -0.4 is 17.8 Å². The van der Waals surface area contributed by atoms with Gasteiger partial charge in [0, 0.05) is 19.6 Å². The van der Waals surface area contributed by atoms with Gasteiger partial charge in [0.15, 0.2) is 6.17 Å². The average Bonchev–Trinajstić information content (AvgIpc) is 2.39. The summed E-state index contributed by atoms with van der Waals surface area (Å²) in [5, 5.41) is 0. The molecule has 0 spiro atoms. The summed E-state index contributed by atoms with van der Waals surface area (Å²) in [6, 6.07) is 0. The SMILES string of the molecule is CCOC(=O)CCN[N+](C)(C)C[Si]12OCCN(CCO1)CCO2.[Cl-]. The maximum atomic E-state index is 11.4. The van der Waals surface area contributed by atoms with Gasteiger partial charge in [0.25, 0.3) is 0 Å². The van der Waals surface area contributed by atoms with E-state index >= 15 is 0 Å². The maximum absolute atomic E-state index is 11.4. The fraction of sp³-hybridized carbons (Fsp3) is 0.929. The molecular formula is C14H30ClN3O5Si. The fourth-order valence-corrected chi connectivity index (χ4v) is 5.63. The van der Waals surface area contributed by atoms with Crippen molar-refractivity contribution in [3.8, 4) is 0 Å². The van der Waals surface area contributed by atoms with E-state index in [-0.39, 0.29) is 18.4 Å². The normalized spacial score (nSPS) is 27.5. The minimum Gasteiger partial charge on any atom is -1.00 e. The molecule has 3 fully saturated rings. The molecule has 10 heteroatoms. The predicted octanol–water partition coefficient (Wildman–Crippen LogP) is -3.62. The van der Waals surface area contributed by atoms with E-state index in [1.807, 2.05) is 21.0 Å². The number of nitrogens with one attached hydrogen (secondary N) is 1. The van der Waals surface area contributed by atoms with Crippen LogP contribution in [0, 0.1) is 0 Å². The first-order chi connectivity index (χ1) is 10.9. The quantitative estimate of drug-likeness (QED) is 0.211. The summed E-state index contributed by atoms with van der Waals surface area (Å²) < 4.78 is 23.6. The van der Waals surface area contributed by atoms with Crippen molar-refractivity contribution < 1.29 is 39.8 Å². The van der Waals surface area contributed by atoms with Gasteiger partial charge < -0.3 is 30.4 Å². The first kappa shape index (κ1) is 21.8. The molecular weight excluding hydrogens is 354 g/mol. The van der Waals surface area contributed by atoms with Gasteiger partial charge in [-0.05, 0) is 6.92 Å². The molecule has 3 aliphatic rings. The van der Waals surface area contributed by atoms with E-state index in [1.165, 1.54) is 0 Å². The molecule has 0 amide bonds. The van der Waals surface area contributed by atoms with Crippen LogP contribution in [-0.4, -0.2) is 97.1 Å². The zero-order valence-electron chi connectivity index (χ0n) is 14.9. The zero-order valence-corrected chi connectivity index (χ0v) is 16.6. The molecule has 3 saturated heterocycles. The topological polar surface area (TPSA) is 69.3 Å². The molecule has 1 N–H and O–H groups in total. The van der Waals surface area contributed by atoms with Gasteiger partial charge in [-0.3, -0.25) is 9.69 Å². The van der Waals surface area contributed by atoms with Crippen molar-refractivity contribution >= 4 is 14.8 Å². The first-order valence-electron chi connectivity index (χ1n) is 8.33. The monoisotopic (exact) mass is 383 g/mol. The molecule has 3 heterocycles. The number of fused-ring (bicyclic) bond motifs is 6. The number of quaternary nitrogens is 1. The third-order valence-electron chi connectivity index (χ3n) is 3.95. The van der Waals surface area contributed by atoms with Crippen LogP contribution in [0.1, 0.15) is 13.3 Å². The van der Waals surface area contributed by atoms with E-state index < -0.39 is 8.80 Å². The molecule has 0 aromatic rings. The highest BCUT2D eigenvalue weighted by Crippen LogP contribution is 2.18. The Kier molecular flexibility index (Phi) is 9.10. The van der Waals surface area contributed by atoms with Gasteiger partial charge >= 0.3 is 14.8 Å². The summed E-state index contributed by atoms with van der Waals surface area (Å²) in [5.74, 6) is -0.184. The minimum absolute atomic E-state index is 0. The first-order valence-corrected chi connectivity index (χ1v) is 10.3. The molecule has 3 aliphatic heterocycles. The highest BCUT2D eigenvalue weighted by Gasteiger charge is 2.50. The lowest BCUT2D eigenvalue weighted by Gasteiger charge is -2.41. The van der Waals surface area contributed by atoms with Crippen molar-refractivity contribution in [3.05, 3.63) is 0 Å². The molecule has 0 atom stereocenters. The number of carbonyl (C=O) groups excluding carboxylic acids is 1. The van der Waals surface area contributed by atoms with Crippen LogP contribution in [0.2, 0.25) is 0 Å². The van der Waals surface area contributed by atoms with Gasteiger partial charge in [-0.25, -0.2) is 4.59 Å². The Morgan fingerprint density at radius 2 is 1.71 bits per heavy atom. The van der Waals surface area contributed by atoms with E-state index in [2.05, 4.69) is 10.3 Å². The summed E-state index contributed by atoms with van der Waals surface area (Å²) in [6.07, 6.45) is 0.984. The van der Waals surface area contributed by atoms with Crippen LogP contribution >= 0.6 is 0 Å². The molecule has 0 saturated carbocycles. The summed E-state index contributed by atoms with van der Waals surface area (Å²) in [6.45, 7) is 7.52. The number of nitrogens with zero attached hydrogens (tertiary/aromatic N) is 2. The van der Waals surface area contributed by atoms with E-state index in [9.17, 15) is 4.79 Å². The lowest BCUT2D eigenvalue weighted by molar-refractivity contribution is -0.926. The van der Waals surface area contributed by atoms with Gasteiger partial charge in [-0.1, -0.05) is 0 Å². The van der Waals surface area contributed by atoms with Crippen LogP contribution in [0.25, 0.3) is 0 Å². The van der Waals surface area contributed by atoms with Crippen LogP contribution in [0.5, 0.6) is 0 Å². The Balaban J connectivity index is 0.00000288. The molecule has 24 heavy (non-hydrogen) atoms. The van der Waals surface area contributed by atoms with E-state index in [0.717, 1.165) is 19.6 Å². The van der Waals surface area contributed by atoms with Crippen LogP contribution in [0.4, 0.5) is 0 Å². The van der Waals surface area contributed by atoms with Gasteiger partial charge in [-0.2, -0.15) is 5.43 Å². The van der Waals surface area contributed by atoms with Crippen molar-refractivity contribution in [2.75, 3.05) is 72.9 Å². The number of esters is 1. The molecule has 8 nitrogen and oxygen atoms in total. The Morgan fingerprint density at radius 1 is 1.17 bits per heavy atom. The van der Waals surface area contributed by atoms with E-state index in [1.54, 1.807) is 0 Å². The fourth-order valence-electron chi connectivity index (χ4n) is 2.82. The number of hydrogen-bond acceptors (Lipinski definition) is 7. The standard InChI is InChI=1S/C14H30N3O5Si.ClH/c1-4-19-14(18)5-6-15-17(2,3)13-23-20-10-7-16(8-11-21-23)9-12-22-23;/h15H,4-13H2,1-3H3;1H/q+1;/p-1. The number of ether oxygens (including phenoxy) is 1. The second kappa shape index (κ2) is 10.0. The van der Waals surface area contributed by atoms with Crippen molar-refractivity contribution in [2.45, 2.75) is 13.3 Å². The molecule has 0 aromatic carbocycles. The van der Waals surface area contributed by atoms with Crippen LogP contribution in [0.15, 0.2) is 0 Å². The van der Waals surface area contributed by atoms with Crippen molar-refractivity contribution in [1.82, 2.24) is 10.3 Å². The average molecular weight is 384 g/mol. The van der Waals surface area contributed by atoms with Crippen LogP contribution in [-0.2, 0) is 22.8 Å². The molecule has 0 aromatic heterocycles. The van der Waals surface area contributed by atoms with E-state index in [4.69, 9.17) is 18.0 Å². The molecule has 0 aliphatic carbocycles. The number of hydrogen-bond donors (Lipinski definition) is 1. The highest BCUT2D eigenvalue weighted by molar-refractivity contribution is 6.60. The molecule has 0 radical (unpaired) electrons. The maximum Gasteiger partial charge on any atom is 0.561 e. The Hall–Kier alpha value is -0.263. The van der Waals surface area contributed by atoms with Gasteiger partial charge in [-0.15, -0.1) is 0 Å². The predicted molar refractivity (Wildman–Crippen MR) is 86.3 cm³/mol. The summed E-state index contributed by atoms with van der Waals surface area (Å²) in [7, 11) is 1.38. The third kappa shape index (κ3) is 6.93. The molecule has 2 bridgehead atoms. The number of rotatable bonds is 7. The van der Waals surface area contributed by atoms with Crippen LogP contribution in [0.3, 0.4) is 0 Å². The third-order valence-corrected chi connectivity index (χ3v) is 7.06. The van der Waals surface area contributed by atoms with Crippen molar-refractivity contribution in [3.63, 3.8) is 0 Å². The molecule has 0 unspecified atom stereocenters. The Labute approximate surface area is 151 Å². The highest BCUT2D eigenvalue weighted by atomic mass is 35.5. The zero-order chi connectivity index (χ0) is 16.8. The van der Waals surface area contributed by atoms with E-state index in [0.29, 0.717) is 50.2 Å². The minimum atomic E-state index is -2.69.